The van der Waals surface area contributed by atoms with Gasteiger partial charge in [-0.2, -0.15) is 0 Å². The van der Waals surface area contributed by atoms with Gasteiger partial charge in [0.2, 0.25) is 0 Å². The van der Waals surface area contributed by atoms with E-state index >= 15 is 0 Å². The zero-order valence-electron chi connectivity index (χ0n) is 19.6. The van der Waals surface area contributed by atoms with Crippen molar-refractivity contribution in [1.29, 1.82) is 0 Å². The highest BCUT2D eigenvalue weighted by atomic mass is 35.5. The van der Waals surface area contributed by atoms with E-state index in [9.17, 15) is 19.1 Å². The number of halogens is 3. The quantitative estimate of drug-likeness (QED) is 0.355. The van der Waals surface area contributed by atoms with Crippen molar-refractivity contribution in [2.75, 3.05) is 0 Å². The number of benzene rings is 3. The minimum Gasteiger partial charge on any atom is -0.480 e. The van der Waals surface area contributed by atoms with Crippen LogP contribution >= 0.6 is 23.2 Å². The molecule has 0 aromatic heterocycles. The second-order valence-electron chi connectivity index (χ2n) is 8.82. The molecule has 0 unspecified atom stereocenters. The summed E-state index contributed by atoms with van der Waals surface area (Å²) < 4.78 is 19.9. The van der Waals surface area contributed by atoms with Crippen LogP contribution in [0.15, 0.2) is 72.8 Å². The molecule has 0 bridgehead atoms. The lowest BCUT2D eigenvalue weighted by molar-refractivity contribution is -0.184. The molecule has 0 radical (unpaired) electrons. The number of carboxylic acids is 1. The molecule has 36 heavy (non-hydrogen) atoms. The van der Waals surface area contributed by atoms with Crippen LogP contribution in [0, 0.1) is 5.82 Å². The second-order valence-corrected chi connectivity index (χ2v) is 9.69. The summed E-state index contributed by atoms with van der Waals surface area (Å²) in [5, 5.41) is 11.2. The zero-order valence-corrected chi connectivity index (χ0v) is 21.1. The number of amides is 1. The van der Waals surface area contributed by atoms with Crippen LogP contribution in [0.5, 0.6) is 0 Å². The Morgan fingerprint density at radius 3 is 2.33 bits per heavy atom. The van der Waals surface area contributed by atoms with Crippen molar-refractivity contribution in [3.63, 3.8) is 0 Å². The Labute approximate surface area is 219 Å². The first-order chi connectivity index (χ1) is 17.3. The number of rotatable bonds is 8. The normalized spacial score (nSPS) is 20.8. The largest absolute Gasteiger partial charge is 0.480 e. The molecule has 4 rings (SSSR count). The first-order valence-electron chi connectivity index (χ1n) is 11.7. The molecule has 0 spiro atoms. The zero-order chi connectivity index (χ0) is 25.8. The van der Waals surface area contributed by atoms with Gasteiger partial charge in [0, 0.05) is 16.5 Å². The van der Waals surface area contributed by atoms with Crippen molar-refractivity contribution in [1.82, 2.24) is 4.90 Å². The summed E-state index contributed by atoms with van der Waals surface area (Å²) in [5.74, 6) is -1.90. The lowest BCUT2D eigenvalue weighted by atomic mass is 9.88. The minimum atomic E-state index is -1.09. The van der Waals surface area contributed by atoms with Gasteiger partial charge in [0.1, 0.15) is 24.1 Å². The first kappa shape index (κ1) is 26.1. The lowest BCUT2D eigenvalue weighted by Crippen LogP contribution is -2.57. The lowest BCUT2D eigenvalue weighted by Gasteiger charge is -2.47. The molecular weight excluding hydrogens is 504 g/mol. The third-order valence-corrected chi connectivity index (χ3v) is 6.82. The number of carboxylic acid groups (broad SMARTS) is 1. The monoisotopic (exact) mass is 529 g/mol. The highest BCUT2D eigenvalue weighted by Crippen LogP contribution is 2.44. The molecule has 8 heteroatoms. The maximum atomic E-state index is 13.9. The Balaban J connectivity index is 1.85. The molecule has 1 aliphatic rings. The van der Waals surface area contributed by atoms with Gasteiger partial charge in [-0.1, -0.05) is 72.9 Å². The topological polar surface area (TPSA) is 66.8 Å². The number of aliphatic carboxylic acids is 1. The first-order valence-corrected chi connectivity index (χ1v) is 12.5. The van der Waals surface area contributed by atoms with Gasteiger partial charge >= 0.3 is 5.97 Å². The van der Waals surface area contributed by atoms with Crippen LogP contribution in [0.25, 0.3) is 0 Å². The van der Waals surface area contributed by atoms with Gasteiger partial charge in [0.15, 0.2) is 0 Å². The average Bonchev–Trinajstić information content (AvgIpc) is 2.85. The molecule has 1 N–H and O–H groups in total. The third kappa shape index (κ3) is 5.72. The predicted molar refractivity (Wildman–Crippen MR) is 137 cm³/mol. The van der Waals surface area contributed by atoms with Crippen molar-refractivity contribution in [2.24, 2.45) is 0 Å². The summed E-state index contributed by atoms with van der Waals surface area (Å²) in [7, 11) is 0. The molecule has 1 fully saturated rings. The summed E-state index contributed by atoms with van der Waals surface area (Å²) in [5.41, 5.74) is 2.11. The molecule has 1 heterocycles. The summed E-state index contributed by atoms with van der Waals surface area (Å²) in [4.78, 5) is 27.8. The highest BCUT2D eigenvalue weighted by Gasteiger charge is 2.48. The molecule has 3 aromatic carbocycles. The van der Waals surface area contributed by atoms with E-state index in [4.69, 9.17) is 27.9 Å². The molecule has 1 saturated heterocycles. The standard InChI is InChI=1S/C28H26Cl2FNO4/c1-2-4-23(28(34)35)32-25(18-9-11-20(29)12-10-18)26(19-5-3-6-21(30)16-19)36-24(27(32)33)15-17-7-13-22(31)14-8-17/h3,5-14,16,23-26H,2,4,15H2,1H3,(H,34,35)/t23-,24+,25-,26+/m0/s1. The van der Waals surface area contributed by atoms with E-state index in [0.717, 1.165) is 0 Å². The smallest absolute Gasteiger partial charge is 0.326 e. The summed E-state index contributed by atoms with van der Waals surface area (Å²) in [6.45, 7) is 1.88. The van der Waals surface area contributed by atoms with E-state index in [1.54, 1.807) is 54.6 Å². The fourth-order valence-corrected chi connectivity index (χ4v) is 5.00. The Hall–Kier alpha value is -2.93. The van der Waals surface area contributed by atoms with Crippen molar-refractivity contribution >= 4 is 35.1 Å². The fraction of sp³-hybridized carbons (Fsp3) is 0.286. The predicted octanol–water partition coefficient (Wildman–Crippen LogP) is 6.64. The van der Waals surface area contributed by atoms with E-state index in [2.05, 4.69) is 0 Å². The Kier molecular flexibility index (Phi) is 8.29. The highest BCUT2D eigenvalue weighted by molar-refractivity contribution is 6.30. The molecular formula is C28H26Cl2FNO4. The van der Waals surface area contributed by atoms with Crippen molar-refractivity contribution in [3.8, 4) is 0 Å². The van der Waals surface area contributed by atoms with Crippen LogP contribution in [0.2, 0.25) is 10.0 Å². The maximum Gasteiger partial charge on any atom is 0.326 e. The van der Waals surface area contributed by atoms with Crippen LogP contribution in [0.3, 0.4) is 0 Å². The number of carbonyl (C=O) groups excluding carboxylic acids is 1. The average molecular weight is 530 g/mol. The van der Waals surface area contributed by atoms with E-state index in [0.29, 0.717) is 33.2 Å². The van der Waals surface area contributed by atoms with Gasteiger partial charge in [-0.05, 0) is 59.5 Å². The fourth-order valence-electron chi connectivity index (χ4n) is 4.67. The number of hydrogen-bond acceptors (Lipinski definition) is 3. The maximum absolute atomic E-state index is 13.9. The summed E-state index contributed by atoms with van der Waals surface area (Å²) in [6.07, 6.45) is -0.664. The molecule has 5 nitrogen and oxygen atoms in total. The van der Waals surface area contributed by atoms with E-state index in [1.165, 1.54) is 17.0 Å². The Morgan fingerprint density at radius 1 is 1.03 bits per heavy atom. The van der Waals surface area contributed by atoms with Gasteiger partial charge in [-0.25, -0.2) is 9.18 Å². The second kappa shape index (κ2) is 11.4. The van der Waals surface area contributed by atoms with Crippen LogP contribution < -0.4 is 0 Å². The minimum absolute atomic E-state index is 0.165. The van der Waals surface area contributed by atoms with Gasteiger partial charge in [0.25, 0.3) is 5.91 Å². The molecule has 3 aromatic rings. The van der Waals surface area contributed by atoms with Crippen LogP contribution in [0.4, 0.5) is 4.39 Å². The number of ether oxygens (including phenoxy) is 1. The Bertz CT molecular complexity index is 1220. The summed E-state index contributed by atoms with van der Waals surface area (Å²) >= 11 is 12.4. The molecule has 1 aliphatic heterocycles. The number of nitrogens with zero attached hydrogens (tertiary/aromatic N) is 1. The van der Waals surface area contributed by atoms with E-state index < -0.39 is 36.2 Å². The van der Waals surface area contributed by atoms with Gasteiger partial charge < -0.3 is 14.7 Å². The molecule has 0 saturated carbocycles. The van der Waals surface area contributed by atoms with Crippen molar-refractivity contribution in [2.45, 2.75) is 50.5 Å². The number of hydrogen-bond donors (Lipinski definition) is 1. The van der Waals surface area contributed by atoms with E-state index in [-0.39, 0.29) is 18.7 Å². The number of morpholine rings is 1. The van der Waals surface area contributed by atoms with Crippen LogP contribution in [-0.4, -0.2) is 34.0 Å². The van der Waals surface area contributed by atoms with Gasteiger partial charge in [0.05, 0.1) is 6.04 Å². The SMILES string of the molecule is CCC[C@@H](C(=O)O)N1C(=O)[C@@H](Cc2ccc(F)cc2)O[C@H](c2cccc(Cl)c2)[C@@H]1c1ccc(Cl)cc1. The Morgan fingerprint density at radius 2 is 1.72 bits per heavy atom. The molecule has 4 atom stereocenters. The van der Waals surface area contributed by atoms with Crippen molar-refractivity contribution < 1.29 is 23.8 Å². The van der Waals surface area contributed by atoms with Crippen LogP contribution in [-0.2, 0) is 20.7 Å². The summed E-state index contributed by atoms with van der Waals surface area (Å²) in [6, 6.07) is 18.1. The van der Waals surface area contributed by atoms with Gasteiger partial charge in [-0.3, -0.25) is 4.79 Å². The molecule has 0 aliphatic carbocycles. The molecule has 1 amide bonds. The third-order valence-electron chi connectivity index (χ3n) is 6.33. The molecule has 188 valence electrons. The van der Waals surface area contributed by atoms with E-state index in [1.807, 2.05) is 13.0 Å². The van der Waals surface area contributed by atoms with Gasteiger partial charge in [-0.15, -0.1) is 0 Å². The van der Waals surface area contributed by atoms with Crippen molar-refractivity contribution in [3.05, 3.63) is 105 Å². The van der Waals surface area contributed by atoms with Crippen LogP contribution in [0.1, 0.15) is 48.6 Å². The number of carbonyl (C=O) groups is 2.